The number of hydrogen-bond donors (Lipinski definition) is 0. The first kappa shape index (κ1) is 14.1. The van der Waals surface area contributed by atoms with Crippen molar-refractivity contribution >= 4 is 33.3 Å². The van der Waals surface area contributed by atoms with Gasteiger partial charge < -0.3 is 0 Å². The van der Waals surface area contributed by atoms with E-state index in [4.69, 9.17) is 11.6 Å². The maximum absolute atomic E-state index is 14.0. The lowest BCUT2D eigenvalue weighted by Crippen LogP contribution is -2.27. The first-order chi connectivity index (χ1) is 8.91. The van der Waals surface area contributed by atoms with Gasteiger partial charge in [0.15, 0.2) is 0 Å². The number of rotatable bonds is 3. The average molecular weight is 347 g/mol. The van der Waals surface area contributed by atoms with E-state index in [1.54, 1.807) is 0 Å². The predicted octanol–water partition coefficient (Wildman–Crippen LogP) is 4.47. The van der Waals surface area contributed by atoms with Crippen molar-refractivity contribution in [1.82, 2.24) is 4.98 Å². The number of carbonyl (C=O) groups excluding carboxylic acids is 1. The molecule has 0 bridgehead atoms. The smallest absolute Gasteiger partial charge is 0.287 e. The molecule has 0 spiro atoms. The van der Waals surface area contributed by atoms with Gasteiger partial charge in [-0.15, -0.1) is 0 Å². The van der Waals surface area contributed by atoms with E-state index < -0.39 is 17.4 Å². The van der Waals surface area contributed by atoms with E-state index >= 15 is 0 Å². The number of benzene rings is 1. The molecular formula is C13H7BrClF2NO. The quantitative estimate of drug-likeness (QED) is 0.767. The lowest BCUT2D eigenvalue weighted by atomic mass is 10.0. The first-order valence-corrected chi connectivity index (χ1v) is 6.38. The van der Waals surface area contributed by atoms with E-state index in [9.17, 15) is 13.6 Å². The molecule has 19 heavy (non-hydrogen) atoms. The molecule has 2 rings (SSSR count). The van der Waals surface area contributed by atoms with Gasteiger partial charge >= 0.3 is 5.92 Å². The Morgan fingerprint density at radius 3 is 2.58 bits per heavy atom. The summed E-state index contributed by atoms with van der Waals surface area (Å²) in [7, 11) is 0. The monoisotopic (exact) mass is 345 g/mol. The normalized spacial score (nSPS) is 11.4. The highest BCUT2D eigenvalue weighted by Gasteiger charge is 2.42. The van der Waals surface area contributed by atoms with Crippen LogP contribution in [0.5, 0.6) is 0 Å². The molecule has 0 amide bonds. The van der Waals surface area contributed by atoms with Gasteiger partial charge in [-0.25, -0.2) is 0 Å². The van der Waals surface area contributed by atoms with Gasteiger partial charge in [0.2, 0.25) is 5.78 Å². The van der Waals surface area contributed by atoms with E-state index in [1.165, 1.54) is 36.5 Å². The average Bonchev–Trinajstić information content (AvgIpc) is 2.38. The zero-order valence-electron chi connectivity index (χ0n) is 9.41. The van der Waals surface area contributed by atoms with Crippen LogP contribution in [0.1, 0.15) is 16.1 Å². The maximum Gasteiger partial charge on any atom is 0.351 e. The van der Waals surface area contributed by atoms with Crippen LogP contribution in [0.25, 0.3) is 0 Å². The van der Waals surface area contributed by atoms with E-state index in [-0.39, 0.29) is 10.6 Å². The lowest BCUT2D eigenvalue weighted by Gasteiger charge is -2.14. The minimum absolute atomic E-state index is 0.151. The van der Waals surface area contributed by atoms with Gasteiger partial charge in [0.25, 0.3) is 0 Å². The van der Waals surface area contributed by atoms with Gasteiger partial charge in [0, 0.05) is 21.3 Å². The summed E-state index contributed by atoms with van der Waals surface area (Å²) in [5, 5.41) is 0.227. The molecule has 1 aromatic carbocycles. The van der Waals surface area contributed by atoms with Gasteiger partial charge in [-0.3, -0.25) is 9.78 Å². The topological polar surface area (TPSA) is 30.0 Å². The second-order valence-electron chi connectivity index (χ2n) is 3.78. The van der Waals surface area contributed by atoms with Crippen molar-refractivity contribution in [3.05, 3.63) is 63.3 Å². The van der Waals surface area contributed by atoms with Crippen molar-refractivity contribution in [2.45, 2.75) is 5.92 Å². The van der Waals surface area contributed by atoms with Gasteiger partial charge in [-0.2, -0.15) is 8.78 Å². The molecule has 98 valence electrons. The van der Waals surface area contributed by atoms with Gasteiger partial charge in [0.1, 0.15) is 5.69 Å². The van der Waals surface area contributed by atoms with Gasteiger partial charge in [0.05, 0.1) is 0 Å². The minimum atomic E-state index is -3.69. The number of Topliss-reactive ketones (excluding diaryl/α,β-unsaturated/α-hetero) is 1. The van der Waals surface area contributed by atoms with Crippen LogP contribution in [0, 0.1) is 0 Å². The fourth-order valence-electron chi connectivity index (χ4n) is 1.49. The van der Waals surface area contributed by atoms with Crippen molar-refractivity contribution in [3.8, 4) is 0 Å². The molecule has 1 aromatic heterocycles. The fourth-order valence-corrected chi connectivity index (χ4v) is 1.91. The van der Waals surface area contributed by atoms with Crippen LogP contribution < -0.4 is 0 Å². The molecule has 1 heterocycles. The van der Waals surface area contributed by atoms with E-state index in [1.807, 2.05) is 0 Å². The molecule has 0 unspecified atom stereocenters. The number of ketones is 1. The number of halogens is 4. The number of pyridine rings is 1. The third-order valence-corrected chi connectivity index (χ3v) is 3.13. The molecule has 0 atom stereocenters. The third kappa shape index (κ3) is 2.98. The number of alkyl halides is 2. The van der Waals surface area contributed by atoms with Crippen LogP contribution in [0.3, 0.4) is 0 Å². The van der Waals surface area contributed by atoms with Gasteiger partial charge in [-0.1, -0.05) is 23.7 Å². The second kappa shape index (κ2) is 5.35. The molecule has 0 aliphatic carbocycles. The minimum Gasteiger partial charge on any atom is -0.287 e. The summed E-state index contributed by atoms with van der Waals surface area (Å²) in [4.78, 5) is 15.4. The van der Waals surface area contributed by atoms with Crippen molar-refractivity contribution in [2.24, 2.45) is 0 Å². The van der Waals surface area contributed by atoms with Crippen LogP contribution >= 0.6 is 27.5 Å². The SMILES string of the molecule is O=C(c1cccc(Cl)c1)C(F)(F)c1ccc(Br)cn1. The Bertz CT molecular complexity index is 616. The first-order valence-electron chi connectivity index (χ1n) is 5.21. The van der Waals surface area contributed by atoms with E-state index in [2.05, 4.69) is 20.9 Å². The van der Waals surface area contributed by atoms with Crippen molar-refractivity contribution in [2.75, 3.05) is 0 Å². The summed E-state index contributed by atoms with van der Waals surface area (Å²) in [6, 6.07) is 7.96. The summed E-state index contributed by atoms with van der Waals surface area (Å²) in [5.41, 5.74) is -0.747. The zero-order chi connectivity index (χ0) is 14.0. The molecular weight excluding hydrogens is 340 g/mol. The van der Waals surface area contributed by atoms with E-state index in [0.29, 0.717) is 4.47 Å². The Hall–Kier alpha value is -1.33. The second-order valence-corrected chi connectivity index (χ2v) is 5.13. The lowest BCUT2D eigenvalue weighted by molar-refractivity contribution is 0.00466. The number of aromatic nitrogens is 1. The highest BCUT2D eigenvalue weighted by molar-refractivity contribution is 9.10. The van der Waals surface area contributed by atoms with Crippen molar-refractivity contribution < 1.29 is 13.6 Å². The Morgan fingerprint density at radius 2 is 2.00 bits per heavy atom. The molecule has 0 fully saturated rings. The summed E-state index contributed by atoms with van der Waals surface area (Å²) in [5.74, 6) is -5.02. The summed E-state index contributed by atoms with van der Waals surface area (Å²) in [6.07, 6.45) is 1.22. The van der Waals surface area contributed by atoms with Crippen LogP contribution in [-0.2, 0) is 5.92 Å². The van der Waals surface area contributed by atoms with Crippen LogP contribution in [-0.4, -0.2) is 10.8 Å². The standard InChI is InChI=1S/C13H7BrClF2NO/c14-9-4-5-11(18-7-9)13(16,17)12(19)8-2-1-3-10(15)6-8/h1-7H. The predicted molar refractivity (Wildman–Crippen MR) is 71.6 cm³/mol. The molecule has 0 saturated heterocycles. The Morgan fingerprint density at radius 1 is 1.26 bits per heavy atom. The Labute approximate surface area is 121 Å². The molecule has 0 aliphatic heterocycles. The van der Waals surface area contributed by atoms with Crippen molar-refractivity contribution in [3.63, 3.8) is 0 Å². The molecule has 0 aliphatic rings. The highest BCUT2D eigenvalue weighted by atomic mass is 79.9. The summed E-state index contributed by atoms with van der Waals surface area (Å²) in [6.45, 7) is 0. The zero-order valence-corrected chi connectivity index (χ0v) is 11.8. The highest BCUT2D eigenvalue weighted by Crippen LogP contribution is 2.31. The van der Waals surface area contributed by atoms with Crippen LogP contribution in [0.2, 0.25) is 5.02 Å². The largest absolute Gasteiger partial charge is 0.351 e. The molecule has 6 heteroatoms. The third-order valence-electron chi connectivity index (χ3n) is 2.42. The van der Waals surface area contributed by atoms with Crippen LogP contribution in [0.15, 0.2) is 47.1 Å². The van der Waals surface area contributed by atoms with E-state index in [0.717, 1.165) is 6.07 Å². The Balaban J connectivity index is 2.38. The molecule has 2 aromatic rings. The number of carbonyl (C=O) groups is 1. The van der Waals surface area contributed by atoms with Crippen LogP contribution in [0.4, 0.5) is 8.78 Å². The van der Waals surface area contributed by atoms with Crippen molar-refractivity contribution in [1.29, 1.82) is 0 Å². The number of hydrogen-bond acceptors (Lipinski definition) is 2. The fraction of sp³-hybridized carbons (Fsp3) is 0.0769. The molecule has 0 N–H and O–H groups in total. The molecule has 0 radical (unpaired) electrons. The Kier molecular flexibility index (Phi) is 3.96. The summed E-state index contributed by atoms with van der Waals surface area (Å²) >= 11 is 8.78. The molecule has 2 nitrogen and oxygen atoms in total. The van der Waals surface area contributed by atoms with Gasteiger partial charge in [-0.05, 0) is 40.2 Å². The summed E-state index contributed by atoms with van der Waals surface area (Å²) < 4.78 is 28.6. The maximum atomic E-state index is 14.0. The number of nitrogens with zero attached hydrogens (tertiary/aromatic N) is 1. The molecule has 0 saturated carbocycles.